The lowest BCUT2D eigenvalue weighted by Gasteiger charge is -2.25. The van der Waals surface area contributed by atoms with Crippen LogP contribution in [0.4, 0.5) is 0 Å². The minimum absolute atomic E-state index is 0.0507. The predicted octanol–water partition coefficient (Wildman–Crippen LogP) is 4.61. The second kappa shape index (κ2) is 10.4. The van der Waals surface area contributed by atoms with Gasteiger partial charge in [-0.15, -0.1) is 0 Å². The number of hydrogen-bond donors (Lipinski definition) is 1. The summed E-state index contributed by atoms with van der Waals surface area (Å²) in [5.74, 6) is -0.985. The molecule has 8 heteroatoms. The number of aliphatic hydroxyl groups is 1. The Morgan fingerprint density at radius 3 is 2.50 bits per heavy atom. The number of benzene rings is 2. The summed E-state index contributed by atoms with van der Waals surface area (Å²) in [7, 11) is 0. The van der Waals surface area contributed by atoms with Crippen LogP contribution >= 0.6 is 11.6 Å². The second-order valence-corrected chi connectivity index (χ2v) is 8.26. The first-order valence-electron chi connectivity index (χ1n) is 10.8. The predicted molar refractivity (Wildman–Crippen MR) is 129 cm³/mol. The van der Waals surface area contributed by atoms with Gasteiger partial charge in [-0.1, -0.05) is 36.4 Å². The van der Waals surface area contributed by atoms with E-state index in [0.29, 0.717) is 48.0 Å². The number of aromatic nitrogens is 2. The number of aliphatic hydroxyl groups excluding tert-OH is 1. The van der Waals surface area contributed by atoms with Crippen molar-refractivity contribution in [1.82, 2.24) is 14.5 Å². The van der Waals surface area contributed by atoms with E-state index < -0.39 is 17.7 Å². The minimum Gasteiger partial charge on any atom is -0.507 e. The number of likely N-dealkylation sites (tertiary alicyclic amines) is 1. The van der Waals surface area contributed by atoms with E-state index in [9.17, 15) is 14.7 Å². The van der Waals surface area contributed by atoms with Gasteiger partial charge in [0.1, 0.15) is 18.1 Å². The smallest absolute Gasteiger partial charge is 0.295 e. The van der Waals surface area contributed by atoms with E-state index in [2.05, 4.69) is 11.6 Å². The molecule has 0 unspecified atom stereocenters. The first-order chi connectivity index (χ1) is 16.5. The lowest BCUT2D eigenvalue weighted by atomic mass is 9.95. The third-order valence-electron chi connectivity index (χ3n) is 5.60. The third kappa shape index (κ3) is 4.89. The van der Waals surface area contributed by atoms with Crippen LogP contribution in [0.3, 0.4) is 0 Å². The molecule has 1 N–H and O–H groups in total. The van der Waals surface area contributed by atoms with E-state index in [1.165, 1.54) is 4.90 Å². The monoisotopic (exact) mass is 477 g/mol. The fourth-order valence-electron chi connectivity index (χ4n) is 3.96. The van der Waals surface area contributed by atoms with Gasteiger partial charge in [0.2, 0.25) is 0 Å². The maximum atomic E-state index is 13.1. The molecule has 4 rings (SSSR count). The Kier molecular flexibility index (Phi) is 7.13. The van der Waals surface area contributed by atoms with E-state index >= 15 is 0 Å². The largest absolute Gasteiger partial charge is 0.507 e. The van der Waals surface area contributed by atoms with Crippen LogP contribution < -0.4 is 4.74 Å². The molecule has 7 nitrogen and oxygen atoms in total. The highest BCUT2D eigenvalue weighted by Crippen LogP contribution is 2.40. The van der Waals surface area contributed by atoms with Gasteiger partial charge in [0, 0.05) is 36.1 Å². The number of rotatable bonds is 9. The molecule has 1 fully saturated rings. The lowest BCUT2D eigenvalue weighted by Crippen LogP contribution is -2.31. The van der Waals surface area contributed by atoms with E-state index in [-0.39, 0.29) is 11.3 Å². The molecule has 2 aromatic carbocycles. The Hall–Kier alpha value is -3.84. The van der Waals surface area contributed by atoms with Crippen molar-refractivity contribution < 1.29 is 19.4 Å². The summed E-state index contributed by atoms with van der Waals surface area (Å²) >= 11 is 6.06. The average molecular weight is 478 g/mol. The van der Waals surface area contributed by atoms with Crippen LogP contribution in [0.1, 0.15) is 23.6 Å². The fraction of sp³-hybridized carbons (Fsp3) is 0.192. The van der Waals surface area contributed by atoms with Gasteiger partial charge >= 0.3 is 0 Å². The number of carbonyl (C=O) groups is 2. The zero-order valence-electron chi connectivity index (χ0n) is 18.4. The molecule has 1 aromatic heterocycles. The standard InChI is InChI=1S/C26H24ClN3O4/c1-2-16-34-21-10-6-19(7-11-21)24(31)22-23(18-4-8-20(27)9-5-18)30(26(33)25(22)32)14-3-13-29-15-12-28-17-29/h2,4-12,15,17,23,31H,1,3,13-14,16H2/b24-22+/t23-/m0/s1. The van der Waals surface area contributed by atoms with E-state index in [4.69, 9.17) is 16.3 Å². The summed E-state index contributed by atoms with van der Waals surface area (Å²) in [6.07, 6.45) is 7.48. The van der Waals surface area contributed by atoms with Crippen LogP contribution in [0.15, 0.2) is 85.5 Å². The Balaban J connectivity index is 1.68. The summed E-state index contributed by atoms with van der Waals surface area (Å²) in [4.78, 5) is 31.7. The topological polar surface area (TPSA) is 84.7 Å². The number of aryl methyl sites for hydroxylation is 1. The molecular weight excluding hydrogens is 454 g/mol. The number of halogens is 1. The van der Waals surface area contributed by atoms with Gasteiger partial charge in [-0.2, -0.15) is 0 Å². The van der Waals surface area contributed by atoms with E-state index in [1.54, 1.807) is 67.1 Å². The van der Waals surface area contributed by atoms with Crippen LogP contribution in [0.2, 0.25) is 5.02 Å². The number of amides is 1. The molecule has 1 amide bonds. The molecule has 2 heterocycles. The Labute approximate surface area is 202 Å². The van der Waals surface area contributed by atoms with Gasteiger partial charge in [0.05, 0.1) is 17.9 Å². The maximum Gasteiger partial charge on any atom is 0.295 e. The first kappa shape index (κ1) is 23.3. The summed E-state index contributed by atoms with van der Waals surface area (Å²) in [5, 5.41) is 11.7. The highest BCUT2D eigenvalue weighted by molar-refractivity contribution is 6.46. The van der Waals surface area contributed by atoms with Gasteiger partial charge < -0.3 is 19.3 Å². The SMILES string of the molecule is C=CCOc1ccc(/C(O)=C2\C(=O)C(=O)N(CCCn3ccnc3)[C@H]2c2ccc(Cl)cc2)cc1. The molecule has 1 aliphatic heterocycles. The molecule has 0 spiro atoms. The Morgan fingerprint density at radius 2 is 1.85 bits per heavy atom. The van der Waals surface area contributed by atoms with Gasteiger partial charge in [0.15, 0.2) is 0 Å². The minimum atomic E-state index is -0.725. The molecule has 0 saturated carbocycles. The molecular formula is C26H24ClN3O4. The van der Waals surface area contributed by atoms with Crippen molar-refractivity contribution >= 4 is 29.1 Å². The van der Waals surface area contributed by atoms with Gasteiger partial charge in [0.25, 0.3) is 11.7 Å². The third-order valence-corrected chi connectivity index (χ3v) is 5.85. The highest BCUT2D eigenvalue weighted by atomic mass is 35.5. The van der Waals surface area contributed by atoms with Gasteiger partial charge in [-0.25, -0.2) is 4.98 Å². The quantitative estimate of drug-likeness (QED) is 0.210. The normalized spacial score (nSPS) is 17.2. The van der Waals surface area contributed by atoms with Gasteiger partial charge in [-0.3, -0.25) is 9.59 Å². The molecule has 1 atom stereocenters. The summed E-state index contributed by atoms with van der Waals surface area (Å²) in [5.41, 5.74) is 1.16. The van der Waals surface area contributed by atoms with Crippen LogP contribution in [-0.2, 0) is 16.1 Å². The van der Waals surface area contributed by atoms with Crippen molar-refractivity contribution in [1.29, 1.82) is 0 Å². The zero-order valence-corrected chi connectivity index (χ0v) is 19.2. The molecule has 0 radical (unpaired) electrons. The van der Waals surface area contributed by atoms with Crippen molar-refractivity contribution in [3.05, 3.63) is 102 Å². The van der Waals surface area contributed by atoms with Crippen molar-refractivity contribution in [2.75, 3.05) is 13.2 Å². The number of ketones is 1. The summed E-state index contributed by atoms with van der Waals surface area (Å²) < 4.78 is 7.39. The molecule has 1 aliphatic rings. The lowest BCUT2D eigenvalue weighted by molar-refractivity contribution is -0.139. The summed E-state index contributed by atoms with van der Waals surface area (Å²) in [6, 6.07) is 12.9. The number of ether oxygens (including phenoxy) is 1. The Bertz CT molecular complexity index is 1200. The molecule has 34 heavy (non-hydrogen) atoms. The number of hydrogen-bond acceptors (Lipinski definition) is 5. The maximum absolute atomic E-state index is 13.1. The van der Waals surface area contributed by atoms with Crippen molar-refractivity contribution in [3.63, 3.8) is 0 Å². The number of nitrogens with zero attached hydrogens (tertiary/aromatic N) is 3. The molecule has 1 saturated heterocycles. The molecule has 0 aliphatic carbocycles. The average Bonchev–Trinajstić information content (AvgIpc) is 3.45. The van der Waals surface area contributed by atoms with Crippen LogP contribution in [0.25, 0.3) is 5.76 Å². The van der Waals surface area contributed by atoms with Crippen molar-refractivity contribution in [2.24, 2.45) is 0 Å². The summed E-state index contributed by atoms with van der Waals surface area (Å²) in [6.45, 7) is 4.94. The Morgan fingerprint density at radius 1 is 1.12 bits per heavy atom. The molecule has 3 aromatic rings. The van der Waals surface area contributed by atoms with Crippen LogP contribution in [0.5, 0.6) is 5.75 Å². The number of imidazole rings is 1. The van der Waals surface area contributed by atoms with Crippen LogP contribution in [0, 0.1) is 0 Å². The van der Waals surface area contributed by atoms with E-state index in [0.717, 1.165) is 0 Å². The highest BCUT2D eigenvalue weighted by Gasteiger charge is 2.45. The zero-order chi connectivity index (χ0) is 24.1. The van der Waals surface area contributed by atoms with E-state index in [1.807, 2.05) is 10.8 Å². The van der Waals surface area contributed by atoms with Crippen LogP contribution in [-0.4, -0.2) is 44.4 Å². The fourth-order valence-corrected chi connectivity index (χ4v) is 4.09. The second-order valence-electron chi connectivity index (χ2n) is 7.82. The number of carbonyl (C=O) groups excluding carboxylic acids is 2. The molecule has 174 valence electrons. The van der Waals surface area contributed by atoms with Crippen molar-refractivity contribution in [2.45, 2.75) is 19.0 Å². The van der Waals surface area contributed by atoms with Crippen molar-refractivity contribution in [3.8, 4) is 5.75 Å². The number of Topliss-reactive ketones (excluding diaryl/α,β-unsaturated/α-hetero) is 1. The molecule has 0 bridgehead atoms. The first-order valence-corrected chi connectivity index (χ1v) is 11.2. The van der Waals surface area contributed by atoms with Gasteiger partial charge in [-0.05, 0) is 48.4 Å².